The maximum atomic E-state index is 11.3. The molecule has 0 aromatic carbocycles. The van der Waals surface area contributed by atoms with Crippen molar-refractivity contribution >= 4 is 11.9 Å². The number of ether oxygens (including phenoxy) is 1. The summed E-state index contributed by atoms with van der Waals surface area (Å²) in [6.45, 7) is 0.672. The van der Waals surface area contributed by atoms with E-state index in [4.69, 9.17) is 16.3 Å². The summed E-state index contributed by atoms with van der Waals surface area (Å²) in [6, 6.07) is 0. The molecule has 1 rings (SSSR count). The molecule has 0 bridgehead atoms. The summed E-state index contributed by atoms with van der Waals surface area (Å²) in [4.78, 5) is 22.4. The first-order valence-corrected chi connectivity index (χ1v) is 4.66. The highest BCUT2D eigenvalue weighted by atomic mass is 16.5. The van der Waals surface area contributed by atoms with Crippen LogP contribution in [0.4, 0.5) is 0 Å². The maximum absolute atomic E-state index is 11.3. The van der Waals surface area contributed by atoms with Crippen molar-refractivity contribution in [3.05, 3.63) is 0 Å². The number of aliphatic carboxylic acids is 1. The van der Waals surface area contributed by atoms with Gasteiger partial charge in [-0.2, -0.15) is 0 Å². The Hall–Kier alpha value is -1.54. The Morgan fingerprint density at radius 2 is 2.07 bits per heavy atom. The maximum Gasteiger partial charge on any atom is 0.329 e. The molecule has 1 amide bonds. The molecule has 0 atom stereocenters. The van der Waals surface area contributed by atoms with Gasteiger partial charge in [-0.1, -0.05) is 5.92 Å². The van der Waals surface area contributed by atoms with Gasteiger partial charge in [0, 0.05) is 26.1 Å². The fourth-order valence-corrected chi connectivity index (χ4v) is 1.52. The average Bonchev–Trinajstić information content (AvgIpc) is 2.19. The van der Waals surface area contributed by atoms with E-state index in [1.54, 1.807) is 0 Å². The molecule has 15 heavy (non-hydrogen) atoms. The van der Waals surface area contributed by atoms with Gasteiger partial charge in [0.1, 0.15) is 5.54 Å². The highest BCUT2D eigenvalue weighted by Gasteiger charge is 2.41. The van der Waals surface area contributed by atoms with Crippen molar-refractivity contribution in [1.29, 1.82) is 0 Å². The first-order valence-electron chi connectivity index (χ1n) is 4.66. The van der Waals surface area contributed by atoms with Crippen LogP contribution in [0.3, 0.4) is 0 Å². The lowest BCUT2D eigenvalue weighted by molar-refractivity contribution is -0.152. The van der Waals surface area contributed by atoms with E-state index in [2.05, 4.69) is 11.2 Å². The number of carboxylic acid groups (broad SMARTS) is 1. The third kappa shape index (κ3) is 2.70. The molecule has 1 heterocycles. The van der Waals surface area contributed by atoms with Crippen LogP contribution in [-0.2, 0) is 14.3 Å². The van der Waals surface area contributed by atoms with Gasteiger partial charge in [-0.25, -0.2) is 4.79 Å². The zero-order chi connectivity index (χ0) is 11.3. The van der Waals surface area contributed by atoms with Gasteiger partial charge < -0.3 is 15.2 Å². The summed E-state index contributed by atoms with van der Waals surface area (Å²) in [6.07, 6.45) is 5.42. The molecule has 1 aliphatic heterocycles. The van der Waals surface area contributed by atoms with Gasteiger partial charge >= 0.3 is 5.97 Å². The Morgan fingerprint density at radius 3 is 2.53 bits per heavy atom. The summed E-state index contributed by atoms with van der Waals surface area (Å²) in [5.74, 6) is 0.717. The number of carbonyl (C=O) groups is 2. The highest BCUT2D eigenvalue weighted by molar-refractivity contribution is 5.88. The lowest BCUT2D eigenvalue weighted by Gasteiger charge is -2.33. The van der Waals surface area contributed by atoms with E-state index in [9.17, 15) is 9.59 Å². The Bertz CT molecular complexity index is 299. The smallest absolute Gasteiger partial charge is 0.329 e. The number of hydrogen-bond donors (Lipinski definition) is 2. The van der Waals surface area contributed by atoms with Crippen LogP contribution in [-0.4, -0.2) is 35.7 Å². The topological polar surface area (TPSA) is 75.6 Å². The molecule has 0 aromatic rings. The zero-order valence-corrected chi connectivity index (χ0v) is 8.28. The van der Waals surface area contributed by atoms with Crippen molar-refractivity contribution in [1.82, 2.24) is 5.32 Å². The van der Waals surface area contributed by atoms with Crippen LogP contribution in [0.5, 0.6) is 0 Å². The summed E-state index contributed by atoms with van der Waals surface area (Å²) in [5, 5.41) is 11.6. The molecule has 1 aliphatic rings. The monoisotopic (exact) mass is 211 g/mol. The van der Waals surface area contributed by atoms with Crippen molar-refractivity contribution in [3.8, 4) is 12.3 Å². The second kappa shape index (κ2) is 4.80. The molecule has 0 saturated carbocycles. The first-order chi connectivity index (χ1) is 7.10. The van der Waals surface area contributed by atoms with E-state index in [0.29, 0.717) is 13.2 Å². The summed E-state index contributed by atoms with van der Waals surface area (Å²) in [5.41, 5.74) is -1.20. The SMILES string of the molecule is C#CCC(=O)NC1(C(=O)O)CCOCC1. The van der Waals surface area contributed by atoms with Gasteiger partial charge in [0.25, 0.3) is 0 Å². The van der Waals surface area contributed by atoms with Crippen molar-refractivity contribution in [3.63, 3.8) is 0 Å². The number of nitrogens with one attached hydrogen (secondary N) is 1. The van der Waals surface area contributed by atoms with Gasteiger partial charge in [-0.3, -0.25) is 4.79 Å². The molecule has 82 valence electrons. The van der Waals surface area contributed by atoms with Crippen LogP contribution < -0.4 is 5.32 Å². The summed E-state index contributed by atoms with van der Waals surface area (Å²) in [7, 11) is 0. The fourth-order valence-electron chi connectivity index (χ4n) is 1.52. The zero-order valence-electron chi connectivity index (χ0n) is 8.28. The quantitative estimate of drug-likeness (QED) is 0.632. The number of amides is 1. The number of terminal acetylenes is 1. The predicted octanol–water partition coefficient (Wildman–Crippen LogP) is -0.240. The van der Waals surface area contributed by atoms with E-state index in [1.807, 2.05) is 0 Å². The molecule has 0 aliphatic carbocycles. The van der Waals surface area contributed by atoms with Gasteiger partial charge in [0.15, 0.2) is 0 Å². The Morgan fingerprint density at radius 1 is 1.47 bits per heavy atom. The van der Waals surface area contributed by atoms with E-state index < -0.39 is 17.4 Å². The van der Waals surface area contributed by atoms with Crippen molar-refractivity contribution in [2.45, 2.75) is 24.8 Å². The van der Waals surface area contributed by atoms with Crippen molar-refractivity contribution in [2.75, 3.05) is 13.2 Å². The standard InChI is InChI=1S/C10H13NO4/c1-2-3-8(12)11-10(9(13)14)4-6-15-7-5-10/h1H,3-7H2,(H,11,12)(H,13,14). The van der Waals surface area contributed by atoms with Crippen LogP contribution in [0, 0.1) is 12.3 Å². The Balaban J connectivity index is 2.69. The molecule has 0 radical (unpaired) electrons. The van der Waals surface area contributed by atoms with Crippen LogP contribution in [0.15, 0.2) is 0 Å². The summed E-state index contributed by atoms with van der Waals surface area (Å²) >= 11 is 0. The molecule has 0 unspecified atom stereocenters. The molecule has 5 nitrogen and oxygen atoms in total. The van der Waals surface area contributed by atoms with Crippen LogP contribution in [0.2, 0.25) is 0 Å². The largest absolute Gasteiger partial charge is 0.480 e. The van der Waals surface area contributed by atoms with Gasteiger partial charge in [0.05, 0.1) is 6.42 Å². The van der Waals surface area contributed by atoms with E-state index in [-0.39, 0.29) is 19.3 Å². The highest BCUT2D eigenvalue weighted by Crippen LogP contribution is 2.21. The molecule has 0 spiro atoms. The lowest BCUT2D eigenvalue weighted by atomic mass is 9.90. The van der Waals surface area contributed by atoms with E-state index in [0.717, 1.165) is 0 Å². The molecule has 1 saturated heterocycles. The number of carbonyl (C=O) groups excluding carboxylic acids is 1. The minimum atomic E-state index is -1.20. The molecular weight excluding hydrogens is 198 g/mol. The molecule has 2 N–H and O–H groups in total. The van der Waals surface area contributed by atoms with Gasteiger partial charge in [0.2, 0.25) is 5.91 Å². The van der Waals surface area contributed by atoms with E-state index in [1.165, 1.54) is 0 Å². The Labute approximate surface area is 87.8 Å². The third-order valence-corrected chi connectivity index (χ3v) is 2.40. The van der Waals surface area contributed by atoms with Crippen LogP contribution >= 0.6 is 0 Å². The number of hydrogen-bond acceptors (Lipinski definition) is 3. The Kier molecular flexibility index (Phi) is 3.69. The van der Waals surface area contributed by atoms with Gasteiger partial charge in [-0.05, 0) is 0 Å². The molecule has 0 aromatic heterocycles. The van der Waals surface area contributed by atoms with Crippen molar-refractivity contribution in [2.24, 2.45) is 0 Å². The van der Waals surface area contributed by atoms with E-state index >= 15 is 0 Å². The fraction of sp³-hybridized carbons (Fsp3) is 0.600. The molecular formula is C10H13NO4. The normalized spacial score (nSPS) is 18.9. The lowest BCUT2D eigenvalue weighted by Crippen LogP contribution is -2.57. The van der Waals surface area contributed by atoms with Crippen LogP contribution in [0.25, 0.3) is 0 Å². The van der Waals surface area contributed by atoms with Gasteiger partial charge in [-0.15, -0.1) is 6.42 Å². The molecule has 5 heteroatoms. The van der Waals surface area contributed by atoms with Crippen molar-refractivity contribution < 1.29 is 19.4 Å². The predicted molar refractivity (Wildman–Crippen MR) is 52.0 cm³/mol. The second-order valence-corrected chi connectivity index (χ2v) is 3.43. The average molecular weight is 211 g/mol. The first kappa shape index (κ1) is 11.5. The molecule has 1 fully saturated rings. The summed E-state index contributed by atoms with van der Waals surface area (Å²) < 4.78 is 5.06. The number of rotatable bonds is 3. The third-order valence-electron chi connectivity index (χ3n) is 2.40. The minimum absolute atomic E-state index is 0.101. The second-order valence-electron chi connectivity index (χ2n) is 3.43. The minimum Gasteiger partial charge on any atom is -0.480 e. The number of carboxylic acids is 1. The van der Waals surface area contributed by atoms with Crippen LogP contribution in [0.1, 0.15) is 19.3 Å².